The Morgan fingerprint density at radius 1 is 1.27 bits per heavy atom. The highest BCUT2D eigenvalue weighted by Gasteiger charge is 2.62. The van der Waals surface area contributed by atoms with Crippen LogP contribution in [0.15, 0.2) is 30.3 Å². The highest BCUT2D eigenvalue weighted by molar-refractivity contribution is 5.75. The zero-order valence-electron chi connectivity index (χ0n) is 13.4. The van der Waals surface area contributed by atoms with Crippen molar-refractivity contribution in [3.8, 4) is 0 Å². The molecule has 0 aromatic heterocycles. The number of hydrogen-bond acceptors (Lipinski definition) is 2. The molecule has 0 heterocycles. The van der Waals surface area contributed by atoms with Gasteiger partial charge in [-0.05, 0) is 17.4 Å². The minimum Gasteiger partial charge on any atom is -0.481 e. The summed E-state index contributed by atoms with van der Waals surface area (Å²) in [6, 6.07) is 10.1. The Kier molecular flexibility index (Phi) is 4.44. The number of likely N-dealkylation sites (N-methyl/N-ethyl adjacent to an activating group) is 1. The Hall–Kier alpha value is -2.04. The van der Waals surface area contributed by atoms with E-state index in [2.05, 4.69) is 31.3 Å². The molecule has 1 atom stereocenters. The molecule has 2 N–H and O–H groups in total. The number of urea groups is 1. The minimum atomic E-state index is -0.910. The van der Waals surface area contributed by atoms with Crippen molar-refractivity contribution in [1.82, 2.24) is 10.2 Å². The lowest BCUT2D eigenvalue weighted by Gasteiger charge is -2.27. The molecular formula is C17H24N2O3. The Morgan fingerprint density at radius 3 is 2.36 bits per heavy atom. The molecule has 0 unspecified atom stereocenters. The summed E-state index contributed by atoms with van der Waals surface area (Å²) in [6.07, 6.45) is 0.978. The van der Waals surface area contributed by atoms with E-state index in [-0.39, 0.29) is 29.8 Å². The van der Waals surface area contributed by atoms with Gasteiger partial charge in [-0.25, -0.2) is 4.79 Å². The molecule has 0 bridgehead atoms. The molecule has 2 rings (SSSR count). The van der Waals surface area contributed by atoms with E-state index < -0.39 is 5.97 Å². The highest BCUT2D eigenvalue weighted by atomic mass is 16.4. The highest BCUT2D eigenvalue weighted by Crippen LogP contribution is 2.64. The number of benzene rings is 1. The van der Waals surface area contributed by atoms with Gasteiger partial charge in [-0.15, -0.1) is 0 Å². The van der Waals surface area contributed by atoms with Crippen molar-refractivity contribution < 1.29 is 14.7 Å². The normalized spacial score (nSPS) is 22.0. The van der Waals surface area contributed by atoms with Crippen molar-refractivity contribution in [2.24, 2.45) is 5.41 Å². The van der Waals surface area contributed by atoms with Gasteiger partial charge in [0.1, 0.15) is 0 Å². The first-order valence-electron chi connectivity index (χ1n) is 7.55. The number of rotatable bonds is 6. The van der Waals surface area contributed by atoms with Gasteiger partial charge in [-0.2, -0.15) is 0 Å². The predicted molar refractivity (Wildman–Crippen MR) is 84.8 cm³/mol. The monoisotopic (exact) mass is 304 g/mol. The molecule has 0 aliphatic heterocycles. The van der Waals surface area contributed by atoms with Gasteiger partial charge in [-0.1, -0.05) is 44.2 Å². The quantitative estimate of drug-likeness (QED) is 0.848. The topological polar surface area (TPSA) is 69.6 Å². The van der Waals surface area contributed by atoms with E-state index in [0.717, 1.165) is 6.42 Å². The van der Waals surface area contributed by atoms with E-state index in [9.17, 15) is 9.59 Å². The Morgan fingerprint density at radius 2 is 1.86 bits per heavy atom. The fourth-order valence-electron chi connectivity index (χ4n) is 3.21. The minimum absolute atomic E-state index is 0.0207. The number of aliphatic carboxylic acids is 1. The third kappa shape index (κ3) is 3.24. The van der Waals surface area contributed by atoms with Gasteiger partial charge in [0.05, 0.1) is 6.42 Å². The maximum atomic E-state index is 12.1. The van der Waals surface area contributed by atoms with Crippen LogP contribution in [0, 0.1) is 5.41 Å². The first kappa shape index (κ1) is 16.3. The summed E-state index contributed by atoms with van der Waals surface area (Å²) in [4.78, 5) is 24.2. The van der Waals surface area contributed by atoms with Crippen molar-refractivity contribution in [3.63, 3.8) is 0 Å². The first-order chi connectivity index (χ1) is 10.3. The van der Waals surface area contributed by atoms with Crippen LogP contribution in [0.1, 0.15) is 32.3 Å². The fourth-order valence-corrected chi connectivity index (χ4v) is 3.21. The summed E-state index contributed by atoms with van der Waals surface area (Å²) in [6.45, 7) is 5.22. The molecular weight excluding hydrogens is 280 g/mol. The molecule has 1 aromatic rings. The van der Waals surface area contributed by atoms with E-state index in [0.29, 0.717) is 6.54 Å². The summed E-state index contributed by atoms with van der Waals surface area (Å²) in [5, 5.41) is 11.3. The standard InChI is InChI=1S/C17H24N2O3/c1-16(2)11-17(16,13-7-5-4-6-8-13)12-19(3)15(22)18-10-9-14(20)21/h4-8H,9-12H2,1-3H3,(H,18,22)(H,20,21)/t17-/m1/s1. The molecule has 0 saturated heterocycles. The van der Waals surface area contributed by atoms with E-state index in [1.54, 1.807) is 11.9 Å². The average Bonchev–Trinajstić information content (AvgIpc) is 3.01. The van der Waals surface area contributed by atoms with Crippen LogP contribution in [-0.4, -0.2) is 42.1 Å². The Bertz CT molecular complexity index is 556. The summed E-state index contributed by atoms with van der Waals surface area (Å²) in [7, 11) is 1.76. The molecule has 0 radical (unpaired) electrons. The summed E-state index contributed by atoms with van der Waals surface area (Å²) in [5.74, 6) is -0.910. The smallest absolute Gasteiger partial charge is 0.317 e. The maximum Gasteiger partial charge on any atom is 0.317 e. The number of carbonyl (C=O) groups is 2. The summed E-state index contributed by atoms with van der Waals surface area (Å²) >= 11 is 0. The molecule has 1 fully saturated rings. The van der Waals surface area contributed by atoms with Crippen molar-refractivity contribution in [2.75, 3.05) is 20.1 Å². The van der Waals surface area contributed by atoms with Crippen LogP contribution in [0.3, 0.4) is 0 Å². The molecule has 5 nitrogen and oxygen atoms in total. The van der Waals surface area contributed by atoms with E-state index in [1.807, 2.05) is 18.2 Å². The molecule has 2 amide bonds. The van der Waals surface area contributed by atoms with Crippen LogP contribution in [0.25, 0.3) is 0 Å². The van der Waals surface area contributed by atoms with Crippen LogP contribution >= 0.6 is 0 Å². The largest absolute Gasteiger partial charge is 0.481 e. The number of hydrogen-bond donors (Lipinski definition) is 2. The lowest BCUT2D eigenvalue weighted by molar-refractivity contribution is -0.136. The van der Waals surface area contributed by atoms with Gasteiger partial charge < -0.3 is 15.3 Å². The first-order valence-corrected chi connectivity index (χ1v) is 7.55. The third-order valence-electron chi connectivity index (χ3n) is 4.71. The Labute approximate surface area is 131 Å². The van der Waals surface area contributed by atoms with Gasteiger partial charge in [0.15, 0.2) is 0 Å². The van der Waals surface area contributed by atoms with Gasteiger partial charge >= 0.3 is 12.0 Å². The van der Waals surface area contributed by atoms with Crippen LogP contribution in [0.4, 0.5) is 4.79 Å². The lowest BCUT2D eigenvalue weighted by atomic mass is 9.87. The zero-order valence-corrected chi connectivity index (χ0v) is 13.4. The molecule has 0 spiro atoms. The molecule has 22 heavy (non-hydrogen) atoms. The van der Waals surface area contributed by atoms with Crippen molar-refractivity contribution in [1.29, 1.82) is 0 Å². The number of carbonyl (C=O) groups excluding carboxylic acids is 1. The number of amides is 2. The van der Waals surface area contributed by atoms with Gasteiger partial charge in [0, 0.05) is 25.6 Å². The maximum absolute atomic E-state index is 12.1. The molecule has 120 valence electrons. The summed E-state index contributed by atoms with van der Waals surface area (Å²) < 4.78 is 0. The van der Waals surface area contributed by atoms with E-state index in [4.69, 9.17) is 5.11 Å². The lowest BCUT2D eigenvalue weighted by Crippen LogP contribution is -2.43. The number of carboxylic acid groups (broad SMARTS) is 1. The van der Waals surface area contributed by atoms with Crippen molar-refractivity contribution in [2.45, 2.75) is 32.1 Å². The zero-order chi connectivity index (χ0) is 16.4. The van der Waals surface area contributed by atoms with Crippen LogP contribution in [0.2, 0.25) is 0 Å². The number of carboxylic acids is 1. The molecule has 1 aliphatic carbocycles. The molecule has 5 heteroatoms. The van der Waals surface area contributed by atoms with E-state index in [1.165, 1.54) is 5.56 Å². The van der Waals surface area contributed by atoms with Gasteiger partial charge in [-0.3, -0.25) is 4.79 Å². The SMILES string of the molecule is CN(C[C@@]1(c2ccccc2)CC1(C)C)C(=O)NCCC(=O)O. The number of nitrogens with one attached hydrogen (secondary N) is 1. The van der Waals surface area contributed by atoms with Crippen LogP contribution in [-0.2, 0) is 10.2 Å². The van der Waals surface area contributed by atoms with Gasteiger partial charge in [0.2, 0.25) is 0 Å². The van der Waals surface area contributed by atoms with Crippen molar-refractivity contribution in [3.05, 3.63) is 35.9 Å². The number of nitrogens with zero attached hydrogens (tertiary/aromatic N) is 1. The second-order valence-electron chi connectivity index (χ2n) is 6.74. The molecule has 1 aliphatic rings. The predicted octanol–water partition coefficient (Wildman–Crippen LogP) is 2.47. The molecule has 1 saturated carbocycles. The van der Waals surface area contributed by atoms with E-state index >= 15 is 0 Å². The summed E-state index contributed by atoms with van der Waals surface area (Å²) in [5.41, 5.74) is 1.39. The van der Waals surface area contributed by atoms with Crippen LogP contribution in [0.5, 0.6) is 0 Å². The third-order valence-corrected chi connectivity index (χ3v) is 4.71. The second kappa shape index (κ2) is 5.99. The molecule has 1 aromatic carbocycles. The fraction of sp³-hybridized carbons (Fsp3) is 0.529. The Balaban J connectivity index is 2.01. The second-order valence-corrected chi connectivity index (χ2v) is 6.74. The van der Waals surface area contributed by atoms with Crippen LogP contribution < -0.4 is 5.32 Å². The average molecular weight is 304 g/mol. The van der Waals surface area contributed by atoms with Crippen molar-refractivity contribution >= 4 is 12.0 Å². The van der Waals surface area contributed by atoms with Gasteiger partial charge in [0.25, 0.3) is 0 Å².